The predicted molar refractivity (Wildman–Crippen MR) is 92.1 cm³/mol. The number of benzene rings is 1. The Hall–Kier alpha value is -2.49. The van der Waals surface area contributed by atoms with Crippen molar-refractivity contribution in [2.45, 2.75) is 12.9 Å². The first-order chi connectivity index (χ1) is 12.7. The molecule has 0 aromatic heterocycles. The molecule has 0 atom stereocenters. The van der Waals surface area contributed by atoms with Crippen LogP contribution in [-0.2, 0) is 11.3 Å². The Kier molecular flexibility index (Phi) is 6.89. The van der Waals surface area contributed by atoms with Gasteiger partial charge in [0.2, 0.25) is 5.91 Å². The number of nitrogens with zero attached hydrogens (tertiary/aromatic N) is 3. The predicted octanol–water partition coefficient (Wildman–Crippen LogP) is 1.50. The molecule has 0 radical (unpaired) electrons. The number of hydrogen-bond acceptors (Lipinski definition) is 4. The van der Waals surface area contributed by atoms with Crippen LogP contribution >= 0.6 is 0 Å². The van der Waals surface area contributed by atoms with Crippen molar-refractivity contribution in [1.82, 2.24) is 20.0 Å². The molecule has 10 heteroatoms. The first-order valence-corrected chi connectivity index (χ1v) is 8.44. The van der Waals surface area contributed by atoms with Crippen molar-refractivity contribution in [3.05, 3.63) is 29.8 Å². The van der Waals surface area contributed by atoms with Gasteiger partial charge >= 0.3 is 12.4 Å². The van der Waals surface area contributed by atoms with Gasteiger partial charge in [0.1, 0.15) is 5.75 Å². The van der Waals surface area contributed by atoms with Gasteiger partial charge in [-0.1, -0.05) is 18.2 Å². The molecular formula is C17H23F3N4O3. The maximum atomic E-state index is 12.4. The second-order valence-corrected chi connectivity index (χ2v) is 6.37. The van der Waals surface area contributed by atoms with E-state index in [1.165, 1.54) is 23.1 Å². The fraction of sp³-hybridized carbons (Fsp3) is 0.529. The summed E-state index contributed by atoms with van der Waals surface area (Å²) in [6, 6.07) is 5.61. The van der Waals surface area contributed by atoms with Crippen molar-refractivity contribution in [2.24, 2.45) is 0 Å². The van der Waals surface area contributed by atoms with Crippen molar-refractivity contribution in [1.29, 1.82) is 0 Å². The van der Waals surface area contributed by atoms with Gasteiger partial charge in [-0.15, -0.1) is 13.2 Å². The van der Waals surface area contributed by atoms with Crippen molar-refractivity contribution in [3.8, 4) is 5.75 Å². The third-order valence-corrected chi connectivity index (χ3v) is 4.07. The smallest absolute Gasteiger partial charge is 0.405 e. The number of amides is 3. The van der Waals surface area contributed by atoms with E-state index < -0.39 is 6.36 Å². The number of nitrogens with one attached hydrogen (secondary N) is 1. The van der Waals surface area contributed by atoms with Gasteiger partial charge in [0, 0.05) is 52.4 Å². The molecule has 150 valence electrons. The molecular weight excluding hydrogens is 365 g/mol. The van der Waals surface area contributed by atoms with E-state index in [9.17, 15) is 22.8 Å². The van der Waals surface area contributed by atoms with Crippen LogP contribution in [0.1, 0.15) is 5.56 Å². The summed E-state index contributed by atoms with van der Waals surface area (Å²) in [5.41, 5.74) is 0.240. The Morgan fingerprint density at radius 1 is 1.15 bits per heavy atom. The van der Waals surface area contributed by atoms with Crippen LogP contribution in [0.4, 0.5) is 18.0 Å². The Morgan fingerprint density at radius 3 is 2.37 bits per heavy atom. The second kappa shape index (κ2) is 8.94. The molecule has 0 bridgehead atoms. The van der Waals surface area contributed by atoms with E-state index in [4.69, 9.17) is 0 Å². The minimum Gasteiger partial charge on any atom is -0.405 e. The summed E-state index contributed by atoms with van der Waals surface area (Å²) >= 11 is 0. The molecule has 7 nitrogen and oxygen atoms in total. The molecule has 3 amide bonds. The number of rotatable bonds is 5. The summed E-state index contributed by atoms with van der Waals surface area (Å²) in [7, 11) is 3.37. The Bertz CT molecular complexity index is 659. The van der Waals surface area contributed by atoms with Crippen molar-refractivity contribution in [2.75, 3.05) is 46.8 Å². The van der Waals surface area contributed by atoms with Crippen molar-refractivity contribution >= 4 is 11.9 Å². The van der Waals surface area contributed by atoms with E-state index in [-0.39, 0.29) is 36.3 Å². The fourth-order valence-electron chi connectivity index (χ4n) is 2.71. The molecule has 0 spiro atoms. The van der Waals surface area contributed by atoms with Crippen LogP contribution in [0.25, 0.3) is 0 Å². The maximum Gasteiger partial charge on any atom is 0.573 e. The van der Waals surface area contributed by atoms with Crippen LogP contribution in [0.5, 0.6) is 5.75 Å². The first kappa shape index (κ1) is 20.8. The number of carbonyl (C=O) groups excluding carboxylic acids is 2. The normalized spacial score (nSPS) is 15.4. The first-order valence-electron chi connectivity index (χ1n) is 8.44. The summed E-state index contributed by atoms with van der Waals surface area (Å²) in [5, 5.41) is 2.61. The second-order valence-electron chi connectivity index (χ2n) is 6.37. The Labute approximate surface area is 155 Å². The van der Waals surface area contributed by atoms with Crippen molar-refractivity contribution in [3.63, 3.8) is 0 Å². The molecule has 27 heavy (non-hydrogen) atoms. The molecule has 1 aliphatic heterocycles. The average molecular weight is 388 g/mol. The topological polar surface area (TPSA) is 65.1 Å². The zero-order valence-electron chi connectivity index (χ0n) is 15.3. The molecule has 1 aromatic rings. The summed E-state index contributed by atoms with van der Waals surface area (Å²) in [4.78, 5) is 29.1. The zero-order chi connectivity index (χ0) is 20.0. The van der Waals surface area contributed by atoms with Gasteiger partial charge in [0.25, 0.3) is 0 Å². The van der Waals surface area contributed by atoms with E-state index in [2.05, 4.69) is 10.1 Å². The number of carbonyl (C=O) groups is 2. The number of ether oxygens (including phenoxy) is 1. The van der Waals surface area contributed by atoms with E-state index in [1.54, 1.807) is 25.1 Å². The Balaban J connectivity index is 1.80. The van der Waals surface area contributed by atoms with E-state index in [1.807, 2.05) is 4.90 Å². The Morgan fingerprint density at radius 2 is 1.78 bits per heavy atom. The molecule has 1 saturated heterocycles. The van der Waals surface area contributed by atoms with Gasteiger partial charge in [-0.25, -0.2) is 4.79 Å². The molecule has 1 N–H and O–H groups in total. The van der Waals surface area contributed by atoms with Gasteiger partial charge < -0.3 is 19.9 Å². The minimum absolute atomic E-state index is 0.0653. The highest BCUT2D eigenvalue weighted by Gasteiger charge is 2.32. The lowest BCUT2D eigenvalue weighted by Gasteiger charge is -2.35. The molecule has 0 aliphatic carbocycles. The van der Waals surface area contributed by atoms with E-state index in [0.717, 1.165) is 0 Å². The summed E-state index contributed by atoms with van der Waals surface area (Å²) in [6.07, 6.45) is -4.79. The van der Waals surface area contributed by atoms with Gasteiger partial charge in [-0.05, 0) is 6.07 Å². The van der Waals surface area contributed by atoms with Gasteiger partial charge in [-0.2, -0.15) is 0 Å². The lowest BCUT2D eigenvalue weighted by molar-refractivity contribution is -0.274. The van der Waals surface area contributed by atoms with Crippen LogP contribution < -0.4 is 10.1 Å². The SMILES string of the molecule is CN(C)C(=O)N1CCN(CC(=O)NCc2ccccc2OC(F)(F)F)CC1. The average Bonchev–Trinajstić information content (AvgIpc) is 2.59. The highest BCUT2D eigenvalue weighted by atomic mass is 19.4. The van der Waals surface area contributed by atoms with Gasteiger partial charge in [0.15, 0.2) is 0 Å². The number of halogens is 3. The summed E-state index contributed by atoms with van der Waals surface area (Å²) in [6.45, 7) is 2.21. The molecule has 0 unspecified atom stereocenters. The van der Waals surface area contributed by atoms with Crippen LogP contribution in [-0.4, -0.2) is 79.8 Å². The highest BCUT2D eigenvalue weighted by Crippen LogP contribution is 2.26. The molecule has 1 aromatic carbocycles. The molecule has 1 fully saturated rings. The van der Waals surface area contributed by atoms with Crippen LogP contribution in [0, 0.1) is 0 Å². The van der Waals surface area contributed by atoms with Crippen LogP contribution in [0.3, 0.4) is 0 Å². The number of para-hydroxylation sites is 1. The van der Waals surface area contributed by atoms with Crippen molar-refractivity contribution < 1.29 is 27.5 Å². The lowest BCUT2D eigenvalue weighted by atomic mass is 10.2. The zero-order valence-corrected chi connectivity index (χ0v) is 15.3. The number of hydrogen-bond donors (Lipinski definition) is 1. The van der Waals surface area contributed by atoms with Crippen LogP contribution in [0.2, 0.25) is 0 Å². The fourth-order valence-corrected chi connectivity index (χ4v) is 2.71. The molecule has 0 saturated carbocycles. The van der Waals surface area contributed by atoms with Gasteiger partial charge in [0.05, 0.1) is 6.54 Å². The maximum absolute atomic E-state index is 12.4. The largest absolute Gasteiger partial charge is 0.573 e. The van der Waals surface area contributed by atoms with Crippen LogP contribution in [0.15, 0.2) is 24.3 Å². The quantitative estimate of drug-likeness (QED) is 0.830. The van der Waals surface area contributed by atoms with E-state index in [0.29, 0.717) is 26.2 Å². The number of piperazine rings is 1. The highest BCUT2D eigenvalue weighted by molar-refractivity contribution is 5.78. The standard InChI is InChI=1S/C17H23F3N4O3/c1-22(2)16(26)24-9-7-23(8-10-24)12-15(25)21-11-13-5-3-4-6-14(13)27-17(18,19)20/h3-6H,7-12H2,1-2H3,(H,21,25). The number of alkyl halides is 3. The summed E-state index contributed by atoms with van der Waals surface area (Å²) < 4.78 is 41.2. The molecule has 1 aliphatic rings. The third kappa shape index (κ3) is 6.63. The van der Waals surface area contributed by atoms with Gasteiger partial charge in [-0.3, -0.25) is 9.69 Å². The van der Waals surface area contributed by atoms with E-state index >= 15 is 0 Å². The minimum atomic E-state index is -4.79. The molecule has 2 rings (SSSR count). The molecule has 1 heterocycles. The lowest BCUT2D eigenvalue weighted by Crippen LogP contribution is -2.53. The monoisotopic (exact) mass is 388 g/mol. The summed E-state index contributed by atoms with van der Waals surface area (Å²) in [5.74, 6) is -0.634. The third-order valence-electron chi connectivity index (χ3n) is 4.07. The number of urea groups is 1.